The normalized spacial score (nSPS) is 11.2. The van der Waals surface area contributed by atoms with Crippen LogP contribution < -0.4 is 10.1 Å². The van der Waals surface area contributed by atoms with E-state index in [-0.39, 0.29) is 11.7 Å². The fraction of sp³-hybridized carbons (Fsp3) is 0.130. The van der Waals surface area contributed by atoms with Crippen molar-refractivity contribution in [2.75, 3.05) is 18.2 Å². The minimum atomic E-state index is -0.144. The van der Waals surface area contributed by atoms with Crippen molar-refractivity contribution in [3.63, 3.8) is 0 Å². The van der Waals surface area contributed by atoms with Crippen LogP contribution in [-0.4, -0.2) is 43.0 Å². The van der Waals surface area contributed by atoms with Gasteiger partial charge in [-0.15, -0.1) is 10.2 Å². The maximum absolute atomic E-state index is 12.5. The molecule has 0 atom stereocenters. The number of halogens is 1. The van der Waals surface area contributed by atoms with E-state index < -0.39 is 0 Å². The van der Waals surface area contributed by atoms with E-state index in [4.69, 9.17) is 16.3 Å². The number of carbonyl (C=O) groups excluding carboxylic acids is 1. The van der Waals surface area contributed by atoms with E-state index in [9.17, 15) is 4.79 Å². The summed E-state index contributed by atoms with van der Waals surface area (Å²) in [5, 5.41) is 17.3. The van der Waals surface area contributed by atoms with Crippen molar-refractivity contribution >= 4 is 46.1 Å². The maximum Gasteiger partial charge on any atom is 0.234 e. The average Bonchev–Trinajstić information content (AvgIpc) is 3.44. The van der Waals surface area contributed by atoms with Crippen LogP contribution in [0.2, 0.25) is 5.02 Å². The summed E-state index contributed by atoms with van der Waals surface area (Å²) in [6, 6.07) is 15.1. The second kappa shape index (κ2) is 8.76. The molecule has 0 aliphatic carbocycles. The summed E-state index contributed by atoms with van der Waals surface area (Å²) in [5.41, 5.74) is 4.92. The third-order valence-corrected chi connectivity index (χ3v) is 6.36. The lowest BCUT2D eigenvalue weighted by Crippen LogP contribution is -2.15. The highest BCUT2D eigenvalue weighted by Crippen LogP contribution is 2.26. The zero-order chi connectivity index (χ0) is 22.9. The van der Waals surface area contributed by atoms with Gasteiger partial charge in [0.1, 0.15) is 11.3 Å². The van der Waals surface area contributed by atoms with Gasteiger partial charge in [0.2, 0.25) is 5.91 Å². The minimum absolute atomic E-state index is 0.144. The minimum Gasteiger partial charge on any atom is -0.497 e. The van der Waals surface area contributed by atoms with Gasteiger partial charge in [0.25, 0.3) is 0 Å². The van der Waals surface area contributed by atoms with Crippen LogP contribution in [0.5, 0.6) is 5.75 Å². The Labute approximate surface area is 198 Å². The molecule has 0 radical (unpaired) electrons. The largest absolute Gasteiger partial charge is 0.497 e. The third-order valence-electron chi connectivity index (χ3n) is 5.18. The van der Waals surface area contributed by atoms with Gasteiger partial charge >= 0.3 is 0 Å². The number of methoxy groups -OCH3 is 1. The van der Waals surface area contributed by atoms with Crippen LogP contribution in [-0.2, 0) is 4.79 Å². The van der Waals surface area contributed by atoms with Crippen molar-refractivity contribution in [3.05, 3.63) is 71.5 Å². The van der Waals surface area contributed by atoms with E-state index >= 15 is 0 Å². The van der Waals surface area contributed by atoms with Crippen molar-refractivity contribution in [1.82, 2.24) is 24.2 Å². The van der Waals surface area contributed by atoms with Crippen molar-refractivity contribution < 1.29 is 9.53 Å². The van der Waals surface area contributed by atoms with Gasteiger partial charge < -0.3 is 10.1 Å². The first-order valence-electron chi connectivity index (χ1n) is 10.1. The number of nitrogens with one attached hydrogen (secondary N) is 1. The number of benzene rings is 2. The van der Waals surface area contributed by atoms with E-state index in [0.29, 0.717) is 21.5 Å². The number of aryl methyl sites for hydroxylation is 1. The van der Waals surface area contributed by atoms with Crippen molar-refractivity contribution in [2.45, 2.75) is 12.1 Å². The molecule has 0 bridgehead atoms. The zero-order valence-corrected chi connectivity index (χ0v) is 19.4. The summed E-state index contributed by atoms with van der Waals surface area (Å²) < 4.78 is 8.85. The summed E-state index contributed by atoms with van der Waals surface area (Å²) in [7, 11) is 1.64. The molecule has 8 nitrogen and oxygen atoms in total. The topological polar surface area (TPSA) is 85.8 Å². The number of rotatable bonds is 6. The van der Waals surface area contributed by atoms with Crippen molar-refractivity contribution in [3.8, 4) is 17.0 Å². The Morgan fingerprint density at radius 1 is 1.12 bits per heavy atom. The van der Waals surface area contributed by atoms with Crippen LogP contribution in [0.1, 0.15) is 5.56 Å². The molecule has 2 aromatic carbocycles. The number of thioether (sulfide) groups is 1. The molecule has 0 aliphatic heterocycles. The molecule has 10 heteroatoms. The Bertz CT molecular complexity index is 1480. The summed E-state index contributed by atoms with van der Waals surface area (Å²) in [4.78, 5) is 12.5. The molecule has 1 N–H and O–H groups in total. The van der Waals surface area contributed by atoms with Crippen molar-refractivity contribution in [1.29, 1.82) is 0 Å². The highest BCUT2D eigenvalue weighted by atomic mass is 35.5. The first-order valence-corrected chi connectivity index (χ1v) is 11.4. The first kappa shape index (κ1) is 21.3. The van der Waals surface area contributed by atoms with Crippen LogP contribution >= 0.6 is 23.4 Å². The fourth-order valence-corrected chi connectivity index (χ4v) is 4.33. The number of nitrogens with zero attached hydrogens (tertiary/aromatic N) is 5. The SMILES string of the molecule is COc1ccc(-c2cc3c4nnc(SCC(=O)Nc5cc(Cl)ccc5C)n4ccn3n2)cc1. The molecule has 0 saturated carbocycles. The molecule has 0 spiro atoms. The molecule has 0 saturated heterocycles. The van der Waals surface area contributed by atoms with Gasteiger partial charge in [-0.05, 0) is 55.0 Å². The van der Waals surface area contributed by atoms with E-state index in [1.807, 2.05) is 60.1 Å². The van der Waals surface area contributed by atoms with Crippen molar-refractivity contribution in [2.24, 2.45) is 0 Å². The number of anilines is 1. The first-order chi connectivity index (χ1) is 16.0. The smallest absolute Gasteiger partial charge is 0.234 e. The Morgan fingerprint density at radius 2 is 1.94 bits per heavy atom. The van der Waals surface area contributed by atoms with Gasteiger partial charge in [0.15, 0.2) is 10.8 Å². The van der Waals surface area contributed by atoms with Crippen LogP contribution in [0, 0.1) is 6.92 Å². The average molecular weight is 479 g/mol. The second-order valence-electron chi connectivity index (χ2n) is 7.36. The lowest BCUT2D eigenvalue weighted by Gasteiger charge is -2.08. The van der Waals surface area contributed by atoms with Crippen LogP contribution in [0.3, 0.4) is 0 Å². The molecule has 3 heterocycles. The van der Waals surface area contributed by atoms with Crippen LogP contribution in [0.15, 0.2) is 66.1 Å². The Balaban J connectivity index is 1.36. The molecule has 5 aromatic rings. The van der Waals surface area contributed by atoms with Gasteiger partial charge in [0.05, 0.1) is 18.6 Å². The molecule has 166 valence electrons. The number of hydrogen-bond donors (Lipinski definition) is 1. The van der Waals surface area contributed by atoms with E-state index in [2.05, 4.69) is 20.6 Å². The fourth-order valence-electron chi connectivity index (χ4n) is 3.44. The van der Waals surface area contributed by atoms with E-state index in [0.717, 1.165) is 28.1 Å². The van der Waals surface area contributed by atoms with E-state index in [1.54, 1.807) is 23.8 Å². The third kappa shape index (κ3) is 4.24. The predicted octanol–water partition coefficient (Wildman–Crippen LogP) is 4.75. The standard InChI is InChI=1S/C23H19ClN6O2S/c1-14-3-6-16(24)11-18(14)25-21(31)13-33-23-27-26-22-20-12-19(28-30(20)10-9-29(22)23)15-4-7-17(32-2)8-5-15/h3-12H,13H2,1-2H3,(H,25,31). The number of fused-ring (bicyclic) bond motifs is 3. The lowest BCUT2D eigenvalue weighted by atomic mass is 10.1. The maximum atomic E-state index is 12.5. The molecular formula is C23H19ClN6O2S. The van der Waals surface area contributed by atoms with Gasteiger partial charge in [-0.1, -0.05) is 29.4 Å². The molecule has 1 amide bonds. The Kier molecular flexibility index (Phi) is 5.65. The summed E-state index contributed by atoms with van der Waals surface area (Å²) >= 11 is 7.35. The molecule has 0 aliphatic rings. The van der Waals surface area contributed by atoms with Crippen LogP contribution in [0.25, 0.3) is 22.4 Å². The monoisotopic (exact) mass is 478 g/mol. The number of amides is 1. The second-order valence-corrected chi connectivity index (χ2v) is 8.74. The number of aromatic nitrogens is 5. The van der Waals surface area contributed by atoms with E-state index in [1.165, 1.54) is 11.8 Å². The Morgan fingerprint density at radius 3 is 2.73 bits per heavy atom. The zero-order valence-electron chi connectivity index (χ0n) is 17.8. The molecule has 0 fully saturated rings. The van der Waals surface area contributed by atoms with Gasteiger partial charge in [-0.3, -0.25) is 9.20 Å². The molecule has 3 aromatic heterocycles. The highest BCUT2D eigenvalue weighted by Gasteiger charge is 2.14. The lowest BCUT2D eigenvalue weighted by molar-refractivity contribution is -0.113. The summed E-state index contributed by atoms with van der Waals surface area (Å²) in [6.45, 7) is 1.92. The van der Waals surface area contributed by atoms with Gasteiger partial charge in [0, 0.05) is 28.7 Å². The number of carbonyl (C=O) groups is 1. The Hall–Kier alpha value is -3.56. The van der Waals surface area contributed by atoms with Crippen LogP contribution in [0.4, 0.5) is 5.69 Å². The molecule has 5 rings (SSSR count). The molecule has 0 unspecified atom stereocenters. The predicted molar refractivity (Wildman–Crippen MR) is 129 cm³/mol. The summed E-state index contributed by atoms with van der Waals surface area (Å²) in [5.74, 6) is 0.835. The number of hydrogen-bond acceptors (Lipinski definition) is 6. The molecule has 33 heavy (non-hydrogen) atoms. The summed E-state index contributed by atoms with van der Waals surface area (Å²) in [6.07, 6.45) is 3.69. The molecular weight excluding hydrogens is 460 g/mol. The van der Waals surface area contributed by atoms with Gasteiger partial charge in [-0.2, -0.15) is 5.10 Å². The quantitative estimate of drug-likeness (QED) is 0.354. The van der Waals surface area contributed by atoms with Gasteiger partial charge in [-0.25, -0.2) is 4.52 Å². The highest BCUT2D eigenvalue weighted by molar-refractivity contribution is 7.99. The number of ether oxygens (including phenoxy) is 1.